The normalized spacial score (nSPS) is 12.9. The van der Waals surface area contributed by atoms with Gasteiger partial charge >= 0.3 is 5.97 Å². The maximum Gasteiger partial charge on any atom is 0.325 e. The SMILES string of the molecule is NC(C(=O)O)c1cccc2cc(Cl)oc12. The summed E-state index contributed by atoms with van der Waals surface area (Å²) in [6.45, 7) is 0. The van der Waals surface area contributed by atoms with E-state index in [0.29, 0.717) is 11.1 Å². The fourth-order valence-electron chi connectivity index (χ4n) is 1.43. The van der Waals surface area contributed by atoms with Crippen LogP contribution in [0.4, 0.5) is 0 Å². The quantitative estimate of drug-likeness (QED) is 0.821. The second-order valence-electron chi connectivity index (χ2n) is 3.13. The van der Waals surface area contributed by atoms with E-state index in [0.717, 1.165) is 5.39 Å². The number of hydrogen-bond acceptors (Lipinski definition) is 3. The van der Waals surface area contributed by atoms with E-state index in [-0.39, 0.29) is 5.22 Å². The third-order valence-electron chi connectivity index (χ3n) is 2.15. The van der Waals surface area contributed by atoms with Gasteiger partial charge in [0.2, 0.25) is 0 Å². The summed E-state index contributed by atoms with van der Waals surface area (Å²) in [6.07, 6.45) is 0. The van der Waals surface area contributed by atoms with Gasteiger partial charge in [-0.25, -0.2) is 0 Å². The molecule has 0 saturated heterocycles. The molecular weight excluding hydrogens is 218 g/mol. The maximum absolute atomic E-state index is 10.8. The Balaban J connectivity index is 2.64. The number of para-hydroxylation sites is 1. The first-order valence-corrected chi connectivity index (χ1v) is 4.63. The number of rotatable bonds is 2. The molecule has 0 bridgehead atoms. The second kappa shape index (κ2) is 3.56. The van der Waals surface area contributed by atoms with E-state index < -0.39 is 12.0 Å². The van der Waals surface area contributed by atoms with E-state index in [1.165, 1.54) is 0 Å². The van der Waals surface area contributed by atoms with Crippen LogP contribution in [-0.2, 0) is 4.79 Å². The number of carboxylic acid groups (broad SMARTS) is 1. The zero-order valence-electron chi connectivity index (χ0n) is 7.61. The van der Waals surface area contributed by atoms with Gasteiger partial charge in [-0.15, -0.1) is 0 Å². The van der Waals surface area contributed by atoms with Crippen molar-refractivity contribution in [1.82, 2.24) is 0 Å². The van der Waals surface area contributed by atoms with Crippen molar-refractivity contribution in [2.24, 2.45) is 5.73 Å². The molecule has 1 aromatic heterocycles. The number of carboxylic acids is 1. The number of furan rings is 1. The highest BCUT2D eigenvalue weighted by atomic mass is 35.5. The van der Waals surface area contributed by atoms with Gasteiger partial charge in [-0.3, -0.25) is 4.79 Å². The van der Waals surface area contributed by atoms with Crippen LogP contribution >= 0.6 is 11.6 Å². The van der Waals surface area contributed by atoms with Crippen molar-refractivity contribution < 1.29 is 14.3 Å². The molecular formula is C10H8ClNO3. The molecule has 0 spiro atoms. The summed E-state index contributed by atoms with van der Waals surface area (Å²) in [7, 11) is 0. The molecule has 0 fully saturated rings. The van der Waals surface area contributed by atoms with Gasteiger partial charge in [-0.2, -0.15) is 0 Å². The van der Waals surface area contributed by atoms with Crippen molar-refractivity contribution in [2.75, 3.05) is 0 Å². The Bertz CT molecular complexity index is 520. The first-order valence-electron chi connectivity index (χ1n) is 4.26. The van der Waals surface area contributed by atoms with Gasteiger partial charge in [-0.1, -0.05) is 18.2 Å². The summed E-state index contributed by atoms with van der Waals surface area (Å²) in [4.78, 5) is 10.8. The zero-order valence-corrected chi connectivity index (χ0v) is 8.36. The van der Waals surface area contributed by atoms with Gasteiger partial charge in [0.05, 0.1) is 0 Å². The Kier molecular flexibility index (Phi) is 2.38. The molecule has 0 aliphatic carbocycles. The van der Waals surface area contributed by atoms with E-state index in [9.17, 15) is 4.79 Å². The monoisotopic (exact) mass is 225 g/mol. The lowest BCUT2D eigenvalue weighted by atomic mass is 10.1. The molecule has 3 N–H and O–H groups in total. The summed E-state index contributed by atoms with van der Waals surface area (Å²) in [6, 6.07) is 5.63. The number of fused-ring (bicyclic) bond motifs is 1. The summed E-state index contributed by atoms with van der Waals surface area (Å²) < 4.78 is 5.19. The van der Waals surface area contributed by atoms with Crippen molar-refractivity contribution in [1.29, 1.82) is 0 Å². The molecule has 78 valence electrons. The van der Waals surface area contributed by atoms with Crippen LogP contribution in [0.1, 0.15) is 11.6 Å². The highest BCUT2D eigenvalue weighted by Crippen LogP contribution is 2.28. The molecule has 0 aliphatic rings. The molecule has 5 heteroatoms. The minimum Gasteiger partial charge on any atom is -0.480 e. The van der Waals surface area contributed by atoms with Crippen molar-refractivity contribution in [3.8, 4) is 0 Å². The van der Waals surface area contributed by atoms with Gasteiger partial charge in [-0.05, 0) is 11.6 Å². The van der Waals surface area contributed by atoms with Crippen molar-refractivity contribution in [3.63, 3.8) is 0 Å². The second-order valence-corrected chi connectivity index (χ2v) is 3.50. The Morgan fingerprint density at radius 3 is 2.93 bits per heavy atom. The summed E-state index contributed by atoms with van der Waals surface area (Å²) in [5, 5.41) is 9.76. The average Bonchev–Trinajstić information content (AvgIpc) is 2.56. The van der Waals surface area contributed by atoms with Gasteiger partial charge in [0.25, 0.3) is 0 Å². The van der Waals surface area contributed by atoms with Crippen LogP contribution < -0.4 is 5.73 Å². The lowest BCUT2D eigenvalue weighted by Crippen LogP contribution is -2.20. The first-order chi connectivity index (χ1) is 7.09. The standard InChI is InChI=1S/C10H8ClNO3/c11-7-4-5-2-1-3-6(9(5)15-7)8(12)10(13)14/h1-4,8H,12H2,(H,13,14). The number of hydrogen-bond donors (Lipinski definition) is 2. The molecule has 2 aromatic rings. The van der Waals surface area contributed by atoms with E-state index in [1.807, 2.05) is 0 Å². The van der Waals surface area contributed by atoms with Gasteiger partial charge in [0.1, 0.15) is 11.6 Å². The number of carbonyl (C=O) groups is 1. The molecule has 1 atom stereocenters. The summed E-state index contributed by atoms with van der Waals surface area (Å²) >= 11 is 5.68. The molecule has 0 saturated carbocycles. The third kappa shape index (κ3) is 1.69. The fraction of sp³-hybridized carbons (Fsp3) is 0.100. The molecule has 0 aliphatic heterocycles. The number of halogens is 1. The predicted octanol–water partition coefficient (Wildman–Crippen LogP) is 2.17. The zero-order chi connectivity index (χ0) is 11.0. The predicted molar refractivity (Wildman–Crippen MR) is 55.8 cm³/mol. The van der Waals surface area contributed by atoms with Crippen molar-refractivity contribution in [3.05, 3.63) is 35.0 Å². The Labute approximate surface area is 90.2 Å². The largest absolute Gasteiger partial charge is 0.480 e. The first kappa shape index (κ1) is 10.0. The highest BCUT2D eigenvalue weighted by Gasteiger charge is 2.19. The Morgan fingerprint density at radius 1 is 1.53 bits per heavy atom. The minimum atomic E-state index is -1.10. The number of benzene rings is 1. The fourth-order valence-corrected chi connectivity index (χ4v) is 1.63. The van der Waals surface area contributed by atoms with E-state index in [4.69, 9.17) is 26.9 Å². The molecule has 1 heterocycles. The minimum absolute atomic E-state index is 0.218. The topological polar surface area (TPSA) is 76.5 Å². The Morgan fingerprint density at radius 2 is 2.27 bits per heavy atom. The maximum atomic E-state index is 10.8. The molecule has 15 heavy (non-hydrogen) atoms. The van der Waals surface area contributed by atoms with Crippen LogP contribution in [0.15, 0.2) is 28.7 Å². The molecule has 2 rings (SSSR count). The van der Waals surface area contributed by atoms with Gasteiger partial charge < -0.3 is 15.3 Å². The average molecular weight is 226 g/mol. The van der Waals surface area contributed by atoms with E-state index >= 15 is 0 Å². The van der Waals surface area contributed by atoms with Crippen LogP contribution in [0.25, 0.3) is 11.0 Å². The van der Waals surface area contributed by atoms with Crippen LogP contribution in [0.5, 0.6) is 0 Å². The van der Waals surface area contributed by atoms with Gasteiger partial charge in [0, 0.05) is 17.0 Å². The summed E-state index contributed by atoms with van der Waals surface area (Å²) in [5.74, 6) is -1.10. The molecule has 1 unspecified atom stereocenters. The van der Waals surface area contributed by atoms with E-state index in [2.05, 4.69) is 0 Å². The number of nitrogens with two attached hydrogens (primary N) is 1. The number of aliphatic carboxylic acids is 1. The van der Waals surface area contributed by atoms with Crippen LogP contribution in [0.3, 0.4) is 0 Å². The lowest BCUT2D eigenvalue weighted by Gasteiger charge is -2.06. The third-order valence-corrected chi connectivity index (χ3v) is 2.33. The lowest BCUT2D eigenvalue weighted by molar-refractivity contribution is -0.138. The van der Waals surface area contributed by atoms with Crippen LogP contribution in [-0.4, -0.2) is 11.1 Å². The van der Waals surface area contributed by atoms with Crippen molar-refractivity contribution >= 4 is 28.5 Å². The molecule has 0 amide bonds. The van der Waals surface area contributed by atoms with Crippen LogP contribution in [0.2, 0.25) is 5.22 Å². The summed E-state index contributed by atoms with van der Waals surface area (Å²) in [5.41, 5.74) is 6.36. The van der Waals surface area contributed by atoms with E-state index in [1.54, 1.807) is 24.3 Å². The van der Waals surface area contributed by atoms with Crippen LogP contribution in [0, 0.1) is 0 Å². The molecule has 0 radical (unpaired) electrons. The Hall–Kier alpha value is -1.52. The highest BCUT2D eigenvalue weighted by molar-refractivity contribution is 6.29. The van der Waals surface area contributed by atoms with Gasteiger partial charge in [0.15, 0.2) is 5.22 Å². The van der Waals surface area contributed by atoms with Crippen molar-refractivity contribution in [2.45, 2.75) is 6.04 Å². The molecule has 4 nitrogen and oxygen atoms in total. The smallest absolute Gasteiger partial charge is 0.325 e. The molecule has 1 aromatic carbocycles.